The van der Waals surface area contributed by atoms with E-state index in [4.69, 9.17) is 34.2 Å². The number of hydrogen-bond acceptors (Lipinski definition) is 17. The number of aliphatic hydroxyl groups is 1. The number of nitrogens with zero attached hydrogens (tertiary/aromatic N) is 7. The summed E-state index contributed by atoms with van der Waals surface area (Å²) in [6.07, 6.45) is -9.39. The predicted octanol–water partition coefficient (Wildman–Crippen LogP) is -1.71. The van der Waals surface area contributed by atoms with Gasteiger partial charge < -0.3 is 26.0 Å². The van der Waals surface area contributed by atoms with Gasteiger partial charge in [-0.1, -0.05) is 12.2 Å². The molecule has 0 radical (unpaired) electrons. The fourth-order valence-corrected chi connectivity index (χ4v) is 7.76. The first-order valence-corrected chi connectivity index (χ1v) is 17.0. The van der Waals surface area contributed by atoms with Gasteiger partial charge in [-0.3, -0.25) is 28.0 Å². The summed E-state index contributed by atoms with van der Waals surface area (Å²) < 4.78 is 87.5. The molecule has 0 aliphatic carbocycles. The Balaban J connectivity index is 1.17. The lowest BCUT2D eigenvalue weighted by molar-refractivity contribution is -0.0435. The Morgan fingerprint density at radius 1 is 1.04 bits per heavy atom. The fraction of sp³-hybridized carbons (Fsp3) is 0.500. The minimum Gasteiger partial charge on any atom is -0.386 e. The van der Waals surface area contributed by atoms with Gasteiger partial charge >= 0.3 is 17.1 Å². The second-order valence-corrected chi connectivity index (χ2v) is 14.4. The molecule has 0 amide bonds. The Labute approximate surface area is 255 Å². The SMILES string of the molecule is Nc1nc2c(ncn2[C@@H]2O[C@@H]3CO[P@@](=O)(S)O[C@H]4[C@@H](O)[C@H](n5cnc6c(N)ncnc65)O[C@@H]4CNS(=O)(=O)O[C@H]3[C@H]2F)c(=O)[nH]1. The summed E-state index contributed by atoms with van der Waals surface area (Å²) in [5.41, 5.74) is 10.8. The molecular weight excluding hydrogens is 668 g/mol. The van der Waals surface area contributed by atoms with E-state index in [1.165, 1.54) is 17.2 Å². The van der Waals surface area contributed by atoms with Gasteiger partial charge in [-0.2, -0.15) is 18.1 Å². The molecule has 4 aromatic rings. The highest BCUT2D eigenvalue weighted by Gasteiger charge is 2.53. The highest BCUT2D eigenvalue weighted by molar-refractivity contribution is 8.44. The number of thiol groups is 1. The number of ether oxygens (including phenoxy) is 2. The summed E-state index contributed by atoms with van der Waals surface area (Å²) in [6, 6.07) is 0. The summed E-state index contributed by atoms with van der Waals surface area (Å²) in [5, 5.41) is 11.2. The van der Waals surface area contributed by atoms with Crippen LogP contribution in [0.4, 0.5) is 16.2 Å². The van der Waals surface area contributed by atoms with Crippen molar-refractivity contribution >= 4 is 63.4 Å². The zero-order valence-electron chi connectivity index (χ0n) is 22.4. The summed E-state index contributed by atoms with van der Waals surface area (Å²) in [5.74, 6) is -0.229. The van der Waals surface area contributed by atoms with Crippen molar-refractivity contribution in [1.82, 2.24) is 43.8 Å². The maximum Gasteiger partial charge on any atom is 0.386 e. The molecule has 25 heteroatoms. The third-order valence-electron chi connectivity index (χ3n) is 7.32. The van der Waals surface area contributed by atoms with E-state index in [1.54, 1.807) is 0 Å². The number of H-pyrrole nitrogens is 1. The molecule has 21 nitrogen and oxygen atoms in total. The molecule has 3 fully saturated rings. The van der Waals surface area contributed by atoms with Crippen LogP contribution in [-0.4, -0.2) is 102 Å². The number of nitrogens with two attached hydrogens (primary N) is 2. The first kappa shape index (κ1) is 30.3. The van der Waals surface area contributed by atoms with Crippen molar-refractivity contribution < 1.29 is 45.2 Å². The van der Waals surface area contributed by atoms with E-state index < -0.39 is 85.0 Å². The number of rotatable bonds is 2. The van der Waals surface area contributed by atoms with Crippen molar-refractivity contribution in [3.8, 4) is 0 Å². The van der Waals surface area contributed by atoms with Gasteiger partial charge in [-0.05, 0) is 0 Å². The van der Waals surface area contributed by atoms with Gasteiger partial charge in [0.15, 0.2) is 41.3 Å². The van der Waals surface area contributed by atoms with Crippen LogP contribution in [0.25, 0.3) is 22.3 Å². The maximum atomic E-state index is 15.9. The van der Waals surface area contributed by atoms with Crippen LogP contribution in [0.3, 0.4) is 0 Å². The second kappa shape index (κ2) is 10.9. The number of aromatic nitrogens is 8. The number of aliphatic hydroxyl groups excluding tert-OH is 1. The molecule has 7 heterocycles. The van der Waals surface area contributed by atoms with Crippen molar-refractivity contribution in [2.45, 2.75) is 49.1 Å². The van der Waals surface area contributed by atoms with E-state index in [-0.39, 0.29) is 34.1 Å². The summed E-state index contributed by atoms with van der Waals surface area (Å²) in [7, 11) is -4.74. The quantitative estimate of drug-likeness (QED) is 0.101. The minimum absolute atomic E-state index is 0.0589. The first-order chi connectivity index (χ1) is 21.3. The predicted molar refractivity (Wildman–Crippen MR) is 150 cm³/mol. The second-order valence-electron chi connectivity index (χ2n) is 10.1. The topological polar surface area (TPSA) is 289 Å². The molecule has 45 heavy (non-hydrogen) atoms. The van der Waals surface area contributed by atoms with Gasteiger partial charge in [0.1, 0.15) is 42.4 Å². The monoisotopic (exact) mass is 691 g/mol. The molecule has 0 aromatic carbocycles. The van der Waals surface area contributed by atoms with Gasteiger partial charge in [-0.15, -0.1) is 0 Å². The van der Waals surface area contributed by atoms with Crippen LogP contribution >= 0.6 is 19.0 Å². The summed E-state index contributed by atoms with van der Waals surface area (Å²) in [4.78, 5) is 34.4. The third kappa shape index (κ3) is 5.35. The van der Waals surface area contributed by atoms with Gasteiger partial charge in [-0.25, -0.2) is 33.1 Å². The van der Waals surface area contributed by atoms with Crippen LogP contribution < -0.4 is 21.7 Å². The Morgan fingerprint density at radius 2 is 1.76 bits per heavy atom. The van der Waals surface area contributed by atoms with Crippen LogP contribution in [0.15, 0.2) is 23.8 Å². The van der Waals surface area contributed by atoms with E-state index >= 15 is 4.39 Å². The van der Waals surface area contributed by atoms with Crippen molar-refractivity contribution in [2.75, 3.05) is 24.6 Å². The lowest BCUT2D eigenvalue weighted by atomic mass is 10.1. The normalized spacial score (nSPS) is 35.5. The van der Waals surface area contributed by atoms with Crippen molar-refractivity contribution in [3.05, 3.63) is 29.3 Å². The molecule has 0 spiro atoms. The van der Waals surface area contributed by atoms with E-state index in [0.29, 0.717) is 0 Å². The standard InChI is InChI=1S/C20H23FN11O10PS2/c21-8-12-7(40-18(8)32-5-27-10-16(32)29-20(23)30-17(10)34)2-38-43(35,44)41-13-6(1-28-45(36,37)42-12)39-19(11(13)33)31-4-26-9-14(22)24-3-25-15(9)31/h3-8,11-13,18-19,28,33H,1-2H2,(H,35,44)(H2,22,24,25)(H3,23,29,30,34)/t6-,7-,8-,11-,12-,13-,18-,19-,43-/m1/s1. The minimum atomic E-state index is -4.74. The molecule has 7 N–H and O–H groups in total. The van der Waals surface area contributed by atoms with Gasteiger partial charge in [0, 0.05) is 6.54 Å². The van der Waals surface area contributed by atoms with Crippen LogP contribution in [0.5, 0.6) is 0 Å². The number of nitrogens with one attached hydrogen (secondary N) is 2. The Hall–Kier alpha value is -3.32. The molecule has 3 saturated heterocycles. The Kier molecular flexibility index (Phi) is 7.34. The van der Waals surface area contributed by atoms with Gasteiger partial charge in [0.05, 0.1) is 19.3 Å². The molecule has 3 aliphatic rings. The van der Waals surface area contributed by atoms with Crippen molar-refractivity contribution in [3.63, 3.8) is 0 Å². The van der Waals surface area contributed by atoms with Crippen LogP contribution in [0.1, 0.15) is 12.5 Å². The number of nitrogen functional groups attached to an aromatic ring is 2. The lowest BCUT2D eigenvalue weighted by Gasteiger charge is -2.27. The number of imidazole rings is 2. The number of halogens is 1. The van der Waals surface area contributed by atoms with Gasteiger partial charge in [0.25, 0.3) is 5.56 Å². The molecule has 3 aliphatic heterocycles. The average molecular weight is 692 g/mol. The van der Waals surface area contributed by atoms with Crippen LogP contribution in [0.2, 0.25) is 0 Å². The Morgan fingerprint density at radius 3 is 2.53 bits per heavy atom. The number of fused-ring (bicyclic) bond motifs is 4. The summed E-state index contributed by atoms with van der Waals surface area (Å²) >= 11 is 4.00. The van der Waals surface area contributed by atoms with Gasteiger partial charge in [0.2, 0.25) is 5.95 Å². The molecule has 0 unspecified atom stereocenters. The fourth-order valence-electron chi connectivity index (χ4n) is 5.31. The largest absolute Gasteiger partial charge is 0.386 e. The number of alkyl halides is 1. The lowest BCUT2D eigenvalue weighted by Crippen LogP contribution is -2.45. The Bertz CT molecular complexity index is 2010. The first-order valence-electron chi connectivity index (χ1n) is 12.9. The van der Waals surface area contributed by atoms with E-state index in [2.05, 4.69) is 46.9 Å². The molecule has 7 rings (SSSR count). The van der Waals surface area contributed by atoms with Crippen LogP contribution in [0, 0.1) is 0 Å². The number of aromatic amines is 1. The molecule has 0 bridgehead atoms. The molecule has 9 atom stereocenters. The smallest absolute Gasteiger partial charge is 0.386 e. The summed E-state index contributed by atoms with van der Waals surface area (Å²) in [6.45, 7) is -5.73. The average Bonchev–Trinajstić information content (AvgIpc) is 3.72. The molecule has 242 valence electrons. The highest BCUT2D eigenvalue weighted by Crippen LogP contribution is 2.57. The van der Waals surface area contributed by atoms with E-state index in [9.17, 15) is 22.9 Å². The zero-order chi connectivity index (χ0) is 31.8. The van der Waals surface area contributed by atoms with Crippen LogP contribution in [-0.2, 0) is 37.6 Å². The number of hydrogen-bond donors (Lipinski definition) is 6. The zero-order valence-corrected chi connectivity index (χ0v) is 25.0. The number of anilines is 2. The van der Waals surface area contributed by atoms with E-state index in [0.717, 1.165) is 10.9 Å². The molecular formula is C20H23FN11O10PS2. The molecule has 4 aromatic heterocycles. The highest BCUT2D eigenvalue weighted by atomic mass is 32.7. The maximum absolute atomic E-state index is 15.9. The third-order valence-corrected chi connectivity index (χ3v) is 9.93. The van der Waals surface area contributed by atoms with E-state index in [1.807, 2.05) is 0 Å². The molecule has 0 saturated carbocycles. The van der Waals surface area contributed by atoms with Crippen molar-refractivity contribution in [1.29, 1.82) is 0 Å². The van der Waals surface area contributed by atoms with Crippen molar-refractivity contribution in [2.24, 2.45) is 0 Å².